The largest absolute Gasteiger partial charge is 0.337 e. The fourth-order valence-electron chi connectivity index (χ4n) is 8.64. The molecular formula is C52H55N3. The lowest BCUT2D eigenvalue weighted by Gasteiger charge is -2.37. The van der Waals surface area contributed by atoms with E-state index in [1.54, 1.807) is 0 Å². The molecule has 3 heteroatoms. The first-order valence-electron chi connectivity index (χ1n) is 20.1. The Morgan fingerprint density at radius 3 is 2.27 bits per heavy atom. The molecule has 2 aliphatic rings. The number of aromatic nitrogens is 1. The van der Waals surface area contributed by atoms with E-state index in [0.29, 0.717) is 6.54 Å². The van der Waals surface area contributed by atoms with Crippen LogP contribution in [0.25, 0.3) is 33.6 Å². The Morgan fingerprint density at radius 1 is 0.782 bits per heavy atom. The van der Waals surface area contributed by atoms with Gasteiger partial charge in [-0.3, -0.25) is 0 Å². The Hall–Kier alpha value is -5.80. The lowest BCUT2D eigenvalue weighted by molar-refractivity contribution is 0.630. The third-order valence-electron chi connectivity index (χ3n) is 11.3. The summed E-state index contributed by atoms with van der Waals surface area (Å²) in [6, 6.07) is 38.4. The first kappa shape index (κ1) is 37.5. The Bertz CT molecular complexity index is 2480. The molecule has 1 aliphatic heterocycles. The van der Waals surface area contributed by atoms with Crippen LogP contribution in [0.15, 0.2) is 158 Å². The number of hydrogen-bond acceptors (Lipinski definition) is 2. The van der Waals surface area contributed by atoms with Gasteiger partial charge >= 0.3 is 0 Å². The number of nitrogens with zero attached hydrogens (tertiary/aromatic N) is 3. The molecule has 1 aromatic heterocycles. The molecule has 1 aliphatic carbocycles. The first-order valence-corrected chi connectivity index (χ1v) is 20.1. The maximum absolute atomic E-state index is 4.18. The summed E-state index contributed by atoms with van der Waals surface area (Å²) in [4.78, 5) is 4.93. The molecule has 0 unspecified atom stereocenters. The molecule has 0 radical (unpaired) electrons. The van der Waals surface area contributed by atoms with Gasteiger partial charge in [0.2, 0.25) is 0 Å². The molecule has 0 atom stereocenters. The zero-order valence-corrected chi connectivity index (χ0v) is 33.6. The quantitative estimate of drug-likeness (QED) is 0.123. The fourth-order valence-corrected chi connectivity index (χ4v) is 8.64. The standard InChI is InChI=1S/C50H49N3.C2H6/c1-7-10-11-22-37-23-14-17-26-45(37)51(31-8-2)38-29-30-47-40(32-38)41-33-39(34-43-49(41)53(47)48-28-19-15-24-42(48)50(43,5)6)52(44-25-16-12-20-35(44)4)46-27-18-13-21-36(46)9-3;1-2/h7-8,11-12,14-20,22-30,32-34H,1-2,9-10,13,21,31H2,3-6H3;1-2H3/b22-11-;. The van der Waals surface area contributed by atoms with Crippen molar-refractivity contribution in [2.45, 2.75) is 72.6 Å². The van der Waals surface area contributed by atoms with Crippen LogP contribution in [0.1, 0.15) is 82.6 Å². The number of anilines is 4. The van der Waals surface area contributed by atoms with Crippen LogP contribution in [-0.2, 0) is 5.41 Å². The van der Waals surface area contributed by atoms with Crippen LogP contribution in [0.4, 0.5) is 22.7 Å². The van der Waals surface area contributed by atoms with Gasteiger partial charge in [-0.1, -0.05) is 120 Å². The van der Waals surface area contributed by atoms with Crippen molar-refractivity contribution in [2.75, 3.05) is 16.3 Å². The second-order valence-electron chi connectivity index (χ2n) is 14.9. The lowest BCUT2D eigenvalue weighted by atomic mass is 9.74. The normalized spacial score (nSPS) is 14.1. The van der Waals surface area contributed by atoms with E-state index in [4.69, 9.17) is 0 Å². The smallest absolute Gasteiger partial charge is 0.0583 e. The monoisotopic (exact) mass is 721 g/mol. The molecular weight excluding hydrogens is 667 g/mol. The number of benzene rings is 5. The summed E-state index contributed by atoms with van der Waals surface area (Å²) in [5, 5.41) is 2.52. The highest BCUT2D eigenvalue weighted by molar-refractivity contribution is 6.14. The molecule has 0 saturated heterocycles. The van der Waals surface area contributed by atoms with Gasteiger partial charge in [0, 0.05) is 51.2 Å². The molecule has 5 aromatic carbocycles. The average molecular weight is 722 g/mol. The lowest BCUT2D eigenvalue weighted by Crippen LogP contribution is -2.27. The summed E-state index contributed by atoms with van der Waals surface area (Å²) in [5.74, 6) is 0. The molecule has 3 nitrogen and oxygen atoms in total. The highest BCUT2D eigenvalue weighted by Gasteiger charge is 2.36. The van der Waals surface area contributed by atoms with Crippen LogP contribution in [0.2, 0.25) is 0 Å². The second-order valence-corrected chi connectivity index (χ2v) is 14.9. The number of allylic oxidation sites excluding steroid dienone is 5. The van der Waals surface area contributed by atoms with Crippen molar-refractivity contribution >= 4 is 50.6 Å². The topological polar surface area (TPSA) is 11.4 Å². The molecule has 55 heavy (non-hydrogen) atoms. The van der Waals surface area contributed by atoms with E-state index in [-0.39, 0.29) is 5.41 Å². The van der Waals surface area contributed by atoms with Gasteiger partial charge in [-0.25, -0.2) is 0 Å². The van der Waals surface area contributed by atoms with Crippen molar-refractivity contribution in [3.63, 3.8) is 0 Å². The molecule has 8 rings (SSSR count). The summed E-state index contributed by atoms with van der Waals surface area (Å²) in [6.45, 7) is 22.1. The number of hydrogen-bond donors (Lipinski definition) is 0. The maximum Gasteiger partial charge on any atom is 0.0583 e. The number of fused-ring (bicyclic) bond motifs is 5. The van der Waals surface area contributed by atoms with Crippen LogP contribution in [-0.4, -0.2) is 11.1 Å². The van der Waals surface area contributed by atoms with Gasteiger partial charge in [0.1, 0.15) is 0 Å². The highest BCUT2D eigenvalue weighted by atomic mass is 15.2. The zero-order chi connectivity index (χ0) is 38.7. The Morgan fingerprint density at radius 2 is 1.51 bits per heavy atom. The zero-order valence-electron chi connectivity index (χ0n) is 33.6. The van der Waals surface area contributed by atoms with Gasteiger partial charge in [0.25, 0.3) is 0 Å². The summed E-state index contributed by atoms with van der Waals surface area (Å²) in [6.07, 6.45) is 17.1. The van der Waals surface area contributed by atoms with Crippen LogP contribution in [0.3, 0.4) is 0 Å². The predicted octanol–water partition coefficient (Wildman–Crippen LogP) is 14.8. The third-order valence-corrected chi connectivity index (χ3v) is 11.3. The predicted molar refractivity (Wildman–Crippen MR) is 241 cm³/mol. The van der Waals surface area contributed by atoms with Crippen LogP contribution < -0.4 is 9.80 Å². The van der Waals surface area contributed by atoms with Crippen LogP contribution in [0, 0.1) is 6.92 Å². The number of rotatable bonds is 11. The van der Waals surface area contributed by atoms with Gasteiger partial charge in [-0.15, -0.1) is 13.2 Å². The Balaban J connectivity index is 0.00000229. The number of aryl methyl sites for hydroxylation is 1. The summed E-state index contributed by atoms with van der Waals surface area (Å²) < 4.78 is 2.52. The molecule has 0 bridgehead atoms. The summed E-state index contributed by atoms with van der Waals surface area (Å²) in [5.41, 5.74) is 16.2. The number of para-hydroxylation sites is 3. The second kappa shape index (κ2) is 15.9. The fraction of sp³-hybridized carbons (Fsp3) is 0.231. The minimum Gasteiger partial charge on any atom is -0.337 e. The van der Waals surface area contributed by atoms with Crippen molar-refractivity contribution in [3.05, 3.63) is 180 Å². The van der Waals surface area contributed by atoms with E-state index in [2.05, 4.69) is 183 Å². The molecule has 0 spiro atoms. The van der Waals surface area contributed by atoms with E-state index in [0.717, 1.165) is 37.1 Å². The molecule has 0 fully saturated rings. The molecule has 0 N–H and O–H groups in total. The first-order chi connectivity index (χ1) is 26.9. The molecule has 0 saturated carbocycles. The van der Waals surface area contributed by atoms with Crippen LogP contribution >= 0.6 is 0 Å². The van der Waals surface area contributed by atoms with Crippen LogP contribution in [0.5, 0.6) is 0 Å². The van der Waals surface area contributed by atoms with E-state index < -0.39 is 0 Å². The van der Waals surface area contributed by atoms with Crippen molar-refractivity contribution < 1.29 is 0 Å². The Kier molecular flexibility index (Phi) is 10.8. The summed E-state index contributed by atoms with van der Waals surface area (Å²) in [7, 11) is 0. The average Bonchev–Trinajstić information content (AvgIpc) is 3.55. The SMILES string of the molecule is C=CC/C=C\c1ccccc1N(CC=C)c1ccc2c(c1)c1cc(N(C3=C(CC)CCC=C3)c3ccccc3C)cc3c1n2-c1ccccc1C3(C)C.CC. The molecule has 0 amide bonds. The van der Waals surface area contributed by atoms with Gasteiger partial charge in [0.05, 0.1) is 16.7 Å². The van der Waals surface area contributed by atoms with Crippen molar-refractivity contribution in [1.82, 2.24) is 4.57 Å². The van der Waals surface area contributed by atoms with E-state index >= 15 is 0 Å². The highest BCUT2D eigenvalue weighted by Crippen LogP contribution is 2.51. The van der Waals surface area contributed by atoms with Crippen molar-refractivity contribution in [3.8, 4) is 5.69 Å². The van der Waals surface area contributed by atoms with Gasteiger partial charge < -0.3 is 14.4 Å². The molecule has 6 aromatic rings. The Labute approximate surface area is 328 Å². The van der Waals surface area contributed by atoms with E-state index in [1.807, 2.05) is 26.0 Å². The van der Waals surface area contributed by atoms with Crippen molar-refractivity contribution in [1.29, 1.82) is 0 Å². The maximum atomic E-state index is 4.18. The third kappa shape index (κ3) is 6.56. The molecule has 278 valence electrons. The van der Waals surface area contributed by atoms with E-state index in [1.165, 1.54) is 72.4 Å². The van der Waals surface area contributed by atoms with E-state index in [9.17, 15) is 0 Å². The van der Waals surface area contributed by atoms with Gasteiger partial charge in [-0.2, -0.15) is 0 Å². The molecule has 2 heterocycles. The van der Waals surface area contributed by atoms with Crippen molar-refractivity contribution in [2.24, 2.45) is 0 Å². The minimum atomic E-state index is -0.217. The van der Waals surface area contributed by atoms with Gasteiger partial charge in [0.15, 0.2) is 0 Å². The van der Waals surface area contributed by atoms with Gasteiger partial charge in [-0.05, 0) is 115 Å². The summed E-state index contributed by atoms with van der Waals surface area (Å²) >= 11 is 0. The minimum absolute atomic E-state index is 0.217.